The lowest BCUT2D eigenvalue weighted by atomic mass is 10.0. The van der Waals surface area contributed by atoms with Gasteiger partial charge in [0.25, 0.3) is 0 Å². The molecule has 0 spiro atoms. The third-order valence-corrected chi connectivity index (χ3v) is 6.77. The van der Waals surface area contributed by atoms with Crippen molar-refractivity contribution in [3.05, 3.63) is 42.2 Å². The molecular weight excluding hydrogens is 454 g/mol. The monoisotopic (exact) mass is 502 g/mol. The first-order valence-electron chi connectivity index (χ1n) is 14.4. The summed E-state index contributed by atoms with van der Waals surface area (Å²) in [5.74, 6) is 1.18. The number of hydrogen-bond acceptors (Lipinski definition) is 3. The molecule has 2 aromatic rings. The minimum atomic E-state index is -1.04. The zero-order valence-electron chi connectivity index (χ0n) is 22.7. The van der Waals surface area contributed by atoms with E-state index in [-0.39, 0.29) is 19.4 Å². The van der Waals surface area contributed by atoms with E-state index in [2.05, 4.69) is 48.1 Å². The molecule has 36 heavy (non-hydrogen) atoms. The molecule has 2 unspecified atom stereocenters. The zero-order valence-corrected chi connectivity index (χ0v) is 22.7. The zero-order chi connectivity index (χ0) is 25.8. The first kappa shape index (κ1) is 30.2. The summed E-state index contributed by atoms with van der Waals surface area (Å²) >= 11 is 0. The van der Waals surface area contributed by atoms with Crippen LogP contribution < -0.4 is 4.74 Å². The molecule has 0 saturated heterocycles. The summed E-state index contributed by atoms with van der Waals surface area (Å²) < 4.78 is 33.5. The minimum absolute atomic E-state index is 0.240. The Hall–Kier alpha value is -2.04. The van der Waals surface area contributed by atoms with Gasteiger partial charge in [0.15, 0.2) is 11.6 Å². The molecule has 3 nitrogen and oxygen atoms in total. The van der Waals surface area contributed by atoms with E-state index in [1.807, 2.05) is 0 Å². The number of benzene rings is 1. The predicted molar refractivity (Wildman–Crippen MR) is 147 cm³/mol. The van der Waals surface area contributed by atoms with Crippen LogP contribution in [-0.4, -0.2) is 28.9 Å². The molecule has 0 fully saturated rings. The summed E-state index contributed by atoms with van der Waals surface area (Å²) in [4.78, 5) is 8.82. The van der Waals surface area contributed by atoms with Gasteiger partial charge in [0.2, 0.25) is 0 Å². The molecule has 0 amide bonds. The Bertz CT molecular complexity index is 782. The molecule has 0 aliphatic heterocycles. The first-order valence-corrected chi connectivity index (χ1v) is 14.4. The number of rotatable bonds is 21. The van der Waals surface area contributed by atoms with Gasteiger partial charge >= 0.3 is 0 Å². The van der Waals surface area contributed by atoms with Crippen LogP contribution in [0.1, 0.15) is 116 Å². The smallest absolute Gasteiger partial charge is 0.159 e. The number of alkyl halides is 2. The molecule has 0 aliphatic rings. The van der Waals surface area contributed by atoms with Crippen molar-refractivity contribution in [2.24, 2.45) is 0 Å². The quantitative estimate of drug-likeness (QED) is 0.159. The van der Waals surface area contributed by atoms with Crippen LogP contribution in [0, 0.1) is 0 Å². The SMILES string of the molecule is CCCCCCCCCCc1ccc(-c2ncc(OCCC(F)CCC(F)CCCCC)cn2)cc1. The number of ether oxygens (including phenoxy) is 1. The highest BCUT2D eigenvalue weighted by Gasteiger charge is 2.12. The topological polar surface area (TPSA) is 35.0 Å². The van der Waals surface area contributed by atoms with Crippen LogP contribution in [0.15, 0.2) is 36.7 Å². The van der Waals surface area contributed by atoms with Gasteiger partial charge in [-0.15, -0.1) is 0 Å². The van der Waals surface area contributed by atoms with Gasteiger partial charge in [-0.2, -0.15) is 0 Å². The van der Waals surface area contributed by atoms with E-state index in [0.717, 1.165) is 31.2 Å². The summed E-state index contributed by atoms with van der Waals surface area (Å²) in [6.45, 7) is 4.60. The molecule has 0 saturated carbocycles. The highest BCUT2D eigenvalue weighted by molar-refractivity contribution is 5.55. The molecule has 1 heterocycles. The van der Waals surface area contributed by atoms with Crippen LogP contribution in [0.5, 0.6) is 5.75 Å². The molecule has 2 rings (SSSR count). The van der Waals surface area contributed by atoms with Gasteiger partial charge in [0.05, 0.1) is 19.0 Å². The van der Waals surface area contributed by atoms with Crippen molar-refractivity contribution in [1.29, 1.82) is 0 Å². The summed E-state index contributed by atoms with van der Waals surface area (Å²) in [7, 11) is 0. The lowest BCUT2D eigenvalue weighted by Gasteiger charge is -2.12. The normalized spacial score (nSPS) is 13.0. The molecule has 0 bridgehead atoms. The third-order valence-electron chi connectivity index (χ3n) is 6.77. The molecule has 1 aromatic carbocycles. The summed E-state index contributed by atoms with van der Waals surface area (Å²) in [5.41, 5.74) is 2.33. The van der Waals surface area contributed by atoms with Crippen LogP contribution in [0.25, 0.3) is 11.4 Å². The lowest BCUT2D eigenvalue weighted by Crippen LogP contribution is -2.11. The van der Waals surface area contributed by atoms with Gasteiger partial charge in [0.1, 0.15) is 12.3 Å². The van der Waals surface area contributed by atoms with E-state index in [1.54, 1.807) is 12.4 Å². The second-order valence-electron chi connectivity index (χ2n) is 10.1. The average molecular weight is 503 g/mol. The fourth-order valence-corrected chi connectivity index (χ4v) is 4.39. The van der Waals surface area contributed by atoms with Gasteiger partial charge in [-0.05, 0) is 37.7 Å². The van der Waals surface area contributed by atoms with E-state index in [0.29, 0.717) is 24.4 Å². The molecule has 0 N–H and O–H groups in total. The Kier molecular flexibility index (Phi) is 16.0. The van der Waals surface area contributed by atoms with Gasteiger partial charge in [-0.3, -0.25) is 0 Å². The molecular formula is C31H48F2N2O. The fourth-order valence-electron chi connectivity index (χ4n) is 4.39. The first-order chi connectivity index (χ1) is 17.6. The highest BCUT2D eigenvalue weighted by atomic mass is 19.1. The predicted octanol–water partition coefficient (Wildman–Crippen LogP) is 9.63. The van der Waals surface area contributed by atoms with Crippen LogP contribution >= 0.6 is 0 Å². The van der Waals surface area contributed by atoms with Crippen molar-refractivity contribution in [1.82, 2.24) is 9.97 Å². The van der Waals surface area contributed by atoms with Crippen LogP contribution in [0.3, 0.4) is 0 Å². The van der Waals surface area contributed by atoms with Gasteiger partial charge in [-0.1, -0.05) is 102 Å². The second kappa shape index (κ2) is 19.1. The fraction of sp³-hybridized carbons (Fsp3) is 0.677. The Balaban J connectivity index is 1.62. The van der Waals surface area contributed by atoms with Crippen molar-refractivity contribution in [3.63, 3.8) is 0 Å². The second-order valence-corrected chi connectivity index (χ2v) is 10.1. The number of aromatic nitrogens is 2. The molecule has 2 atom stereocenters. The van der Waals surface area contributed by atoms with Crippen LogP contribution in [0.4, 0.5) is 8.78 Å². The van der Waals surface area contributed by atoms with Gasteiger partial charge in [-0.25, -0.2) is 18.7 Å². The summed E-state index contributed by atoms with van der Waals surface area (Å²) in [5, 5.41) is 0. The van der Waals surface area contributed by atoms with E-state index >= 15 is 0 Å². The summed E-state index contributed by atoms with van der Waals surface area (Å²) in [6, 6.07) is 8.48. The van der Waals surface area contributed by atoms with Crippen LogP contribution in [0.2, 0.25) is 0 Å². The molecule has 0 aliphatic carbocycles. The van der Waals surface area contributed by atoms with E-state index in [9.17, 15) is 8.78 Å². The Morgan fingerprint density at radius 3 is 1.86 bits per heavy atom. The Labute approximate surface area is 218 Å². The number of hydrogen-bond donors (Lipinski definition) is 0. The van der Waals surface area contributed by atoms with Crippen molar-refractivity contribution in [3.8, 4) is 17.1 Å². The lowest BCUT2D eigenvalue weighted by molar-refractivity contribution is 0.199. The van der Waals surface area contributed by atoms with Crippen molar-refractivity contribution < 1.29 is 13.5 Å². The van der Waals surface area contributed by atoms with Crippen molar-refractivity contribution in [2.45, 2.75) is 129 Å². The largest absolute Gasteiger partial charge is 0.490 e. The Morgan fingerprint density at radius 2 is 1.22 bits per heavy atom. The molecule has 0 radical (unpaired) electrons. The van der Waals surface area contributed by atoms with Crippen molar-refractivity contribution >= 4 is 0 Å². The number of aryl methyl sites for hydroxylation is 1. The van der Waals surface area contributed by atoms with E-state index in [1.165, 1.54) is 56.9 Å². The number of nitrogens with zero attached hydrogens (tertiary/aromatic N) is 2. The van der Waals surface area contributed by atoms with Crippen LogP contribution in [-0.2, 0) is 6.42 Å². The average Bonchev–Trinajstić information content (AvgIpc) is 2.90. The maximum Gasteiger partial charge on any atom is 0.159 e. The summed E-state index contributed by atoms with van der Waals surface area (Å²) in [6.07, 6.45) is 17.5. The van der Waals surface area contributed by atoms with E-state index in [4.69, 9.17) is 4.74 Å². The maximum atomic E-state index is 14.1. The number of halogens is 2. The maximum absolute atomic E-state index is 14.1. The standard InChI is InChI=1S/C31H48F2N2O/c1-3-5-7-8-9-10-11-13-14-26-16-18-27(19-17-26)31-34-24-30(25-35-31)36-23-22-29(33)21-20-28(32)15-12-6-4-2/h16-19,24-25,28-29H,3-15,20-23H2,1-2H3. The van der Waals surface area contributed by atoms with Crippen molar-refractivity contribution in [2.75, 3.05) is 6.61 Å². The van der Waals surface area contributed by atoms with Gasteiger partial charge < -0.3 is 4.74 Å². The third kappa shape index (κ3) is 13.3. The minimum Gasteiger partial charge on any atom is -0.490 e. The highest BCUT2D eigenvalue weighted by Crippen LogP contribution is 2.20. The number of unbranched alkanes of at least 4 members (excludes halogenated alkanes) is 9. The molecule has 1 aromatic heterocycles. The van der Waals surface area contributed by atoms with E-state index < -0.39 is 12.3 Å². The molecule has 5 heteroatoms. The molecule has 202 valence electrons. The van der Waals surface area contributed by atoms with Gasteiger partial charge in [0, 0.05) is 12.0 Å². The Morgan fingerprint density at radius 1 is 0.667 bits per heavy atom.